The van der Waals surface area contributed by atoms with E-state index in [0.29, 0.717) is 19.6 Å². The molecule has 30 heavy (non-hydrogen) atoms. The van der Waals surface area contributed by atoms with Crippen molar-refractivity contribution in [3.05, 3.63) is 0 Å². The first kappa shape index (κ1) is 29.4. The molecule has 0 rings (SSSR count). The molecule has 1 atom stereocenters. The first-order valence-corrected chi connectivity index (χ1v) is 13.1. The smallest absolute Gasteiger partial charge is 0.306 e. The molecule has 0 aromatic carbocycles. The minimum absolute atomic E-state index is 0.166. The van der Waals surface area contributed by atoms with Gasteiger partial charge in [0.1, 0.15) is 6.10 Å². The first-order valence-electron chi connectivity index (χ1n) is 13.1. The second-order valence-electron chi connectivity index (χ2n) is 8.78. The van der Waals surface area contributed by atoms with Gasteiger partial charge in [-0.3, -0.25) is 4.79 Å². The molecule has 180 valence electrons. The van der Waals surface area contributed by atoms with Crippen molar-refractivity contribution >= 4 is 5.97 Å². The Hall–Kier alpha value is -0.610. The second kappa shape index (κ2) is 24.7. The Morgan fingerprint density at radius 1 is 0.667 bits per heavy atom. The molecule has 0 aliphatic rings. The summed E-state index contributed by atoms with van der Waals surface area (Å²) in [5.74, 6) is -0.207. The quantitative estimate of drug-likeness (QED) is 0.129. The van der Waals surface area contributed by atoms with Crippen LogP contribution in [0, 0.1) is 0 Å². The summed E-state index contributed by atoms with van der Waals surface area (Å²) in [6.07, 6.45) is 22.7. The van der Waals surface area contributed by atoms with Gasteiger partial charge in [-0.15, -0.1) is 0 Å². The van der Waals surface area contributed by atoms with Crippen molar-refractivity contribution in [3.63, 3.8) is 0 Å². The van der Waals surface area contributed by atoms with Crippen LogP contribution >= 0.6 is 0 Å². The van der Waals surface area contributed by atoms with Crippen LogP contribution in [0.1, 0.15) is 136 Å². The number of esters is 1. The Morgan fingerprint density at radius 2 is 1.10 bits per heavy atom. The van der Waals surface area contributed by atoms with E-state index >= 15 is 0 Å². The van der Waals surface area contributed by atoms with Gasteiger partial charge in [-0.25, -0.2) is 0 Å². The van der Waals surface area contributed by atoms with E-state index in [0.717, 1.165) is 19.3 Å². The average molecular weight is 429 g/mol. The number of rotatable bonds is 24. The summed E-state index contributed by atoms with van der Waals surface area (Å²) in [7, 11) is 0. The molecule has 0 saturated carbocycles. The summed E-state index contributed by atoms with van der Waals surface area (Å²) < 4.78 is 11.0. The summed E-state index contributed by atoms with van der Waals surface area (Å²) in [5.41, 5.74) is 0. The topological polar surface area (TPSA) is 55.8 Å². The molecule has 1 N–H and O–H groups in total. The summed E-state index contributed by atoms with van der Waals surface area (Å²) in [5, 5.41) is 9.40. The monoisotopic (exact) mass is 428 g/mol. The van der Waals surface area contributed by atoms with Gasteiger partial charge in [-0.2, -0.15) is 0 Å². The number of carbonyl (C=O) groups is 1. The van der Waals surface area contributed by atoms with E-state index in [1.165, 1.54) is 96.3 Å². The Balaban J connectivity index is 3.43. The van der Waals surface area contributed by atoms with Crippen LogP contribution in [0.15, 0.2) is 0 Å². The maximum atomic E-state index is 11.9. The highest BCUT2D eigenvalue weighted by Crippen LogP contribution is 2.12. The van der Waals surface area contributed by atoms with Crippen LogP contribution < -0.4 is 0 Å². The van der Waals surface area contributed by atoms with Crippen LogP contribution in [0.2, 0.25) is 0 Å². The third kappa shape index (κ3) is 22.1. The number of unbranched alkanes of at least 4 members (excludes halogenated alkanes) is 16. The van der Waals surface area contributed by atoms with E-state index in [2.05, 4.69) is 13.8 Å². The van der Waals surface area contributed by atoms with Crippen molar-refractivity contribution in [2.45, 2.75) is 142 Å². The van der Waals surface area contributed by atoms with Gasteiger partial charge in [-0.05, 0) is 12.8 Å². The van der Waals surface area contributed by atoms with Crippen LogP contribution in [-0.4, -0.2) is 37.0 Å². The number of ether oxygens (including phenoxy) is 2. The standard InChI is InChI=1S/C26H52O4/c1-3-5-7-9-11-12-13-14-16-18-20-22-29-24-25(23-27)30-26(28)21-19-17-15-10-8-6-4-2/h25,27H,3-24H2,1-2H3. The summed E-state index contributed by atoms with van der Waals surface area (Å²) in [6.45, 7) is 5.30. The van der Waals surface area contributed by atoms with Crippen LogP contribution in [0.4, 0.5) is 0 Å². The van der Waals surface area contributed by atoms with Gasteiger partial charge in [0.2, 0.25) is 0 Å². The third-order valence-electron chi connectivity index (χ3n) is 5.68. The van der Waals surface area contributed by atoms with Crippen molar-refractivity contribution in [3.8, 4) is 0 Å². The lowest BCUT2D eigenvalue weighted by Gasteiger charge is -2.15. The number of carbonyl (C=O) groups excluding carboxylic acids is 1. The number of hydrogen-bond donors (Lipinski definition) is 1. The van der Waals surface area contributed by atoms with Gasteiger partial charge < -0.3 is 14.6 Å². The minimum Gasteiger partial charge on any atom is -0.457 e. The Bertz CT molecular complexity index is 346. The lowest BCUT2D eigenvalue weighted by molar-refractivity contribution is -0.154. The van der Waals surface area contributed by atoms with Crippen molar-refractivity contribution in [2.75, 3.05) is 19.8 Å². The number of aliphatic hydroxyl groups excluding tert-OH is 1. The minimum atomic E-state index is -0.519. The Kier molecular flexibility index (Phi) is 24.2. The fraction of sp³-hybridized carbons (Fsp3) is 0.962. The van der Waals surface area contributed by atoms with Gasteiger partial charge in [0.25, 0.3) is 0 Å². The van der Waals surface area contributed by atoms with E-state index in [-0.39, 0.29) is 12.6 Å². The molecule has 0 amide bonds. The normalized spacial score (nSPS) is 12.2. The molecule has 0 aromatic heterocycles. The molecular formula is C26H52O4. The molecule has 0 aliphatic carbocycles. The third-order valence-corrected chi connectivity index (χ3v) is 5.68. The van der Waals surface area contributed by atoms with Gasteiger partial charge in [0.05, 0.1) is 13.2 Å². The van der Waals surface area contributed by atoms with Crippen molar-refractivity contribution < 1.29 is 19.4 Å². The molecular weight excluding hydrogens is 376 g/mol. The molecule has 0 fully saturated rings. The molecule has 0 spiro atoms. The zero-order valence-electron chi connectivity index (χ0n) is 20.3. The zero-order chi connectivity index (χ0) is 22.1. The van der Waals surface area contributed by atoms with Crippen LogP contribution in [0.25, 0.3) is 0 Å². The van der Waals surface area contributed by atoms with Gasteiger partial charge in [-0.1, -0.05) is 117 Å². The maximum absolute atomic E-state index is 11.9. The highest BCUT2D eigenvalue weighted by Gasteiger charge is 2.13. The Morgan fingerprint density at radius 3 is 1.57 bits per heavy atom. The van der Waals surface area contributed by atoms with Crippen LogP contribution in [0.3, 0.4) is 0 Å². The van der Waals surface area contributed by atoms with Gasteiger partial charge >= 0.3 is 5.97 Å². The predicted octanol–water partition coefficient (Wildman–Crippen LogP) is 7.36. The summed E-state index contributed by atoms with van der Waals surface area (Å²) in [6, 6.07) is 0. The fourth-order valence-corrected chi connectivity index (χ4v) is 3.68. The molecule has 4 heteroatoms. The molecule has 0 aliphatic heterocycles. The van der Waals surface area contributed by atoms with E-state index in [1.807, 2.05) is 0 Å². The lowest BCUT2D eigenvalue weighted by atomic mass is 10.1. The number of hydrogen-bond acceptors (Lipinski definition) is 4. The predicted molar refractivity (Wildman–Crippen MR) is 127 cm³/mol. The van der Waals surface area contributed by atoms with E-state index in [9.17, 15) is 9.90 Å². The molecule has 0 bridgehead atoms. The van der Waals surface area contributed by atoms with Crippen LogP contribution in [0.5, 0.6) is 0 Å². The highest BCUT2D eigenvalue weighted by molar-refractivity contribution is 5.69. The van der Waals surface area contributed by atoms with Crippen molar-refractivity contribution in [1.29, 1.82) is 0 Å². The highest BCUT2D eigenvalue weighted by atomic mass is 16.6. The molecule has 0 aromatic rings. The van der Waals surface area contributed by atoms with Crippen molar-refractivity contribution in [1.82, 2.24) is 0 Å². The van der Waals surface area contributed by atoms with Gasteiger partial charge in [0.15, 0.2) is 0 Å². The van der Waals surface area contributed by atoms with E-state index in [4.69, 9.17) is 9.47 Å². The molecule has 4 nitrogen and oxygen atoms in total. The van der Waals surface area contributed by atoms with E-state index < -0.39 is 6.10 Å². The SMILES string of the molecule is CCCCCCCCCCCCCOCC(CO)OC(=O)CCCCCCCCC. The number of aliphatic hydroxyl groups is 1. The van der Waals surface area contributed by atoms with Gasteiger partial charge in [0, 0.05) is 13.0 Å². The van der Waals surface area contributed by atoms with Crippen LogP contribution in [-0.2, 0) is 14.3 Å². The molecule has 0 heterocycles. The maximum Gasteiger partial charge on any atom is 0.306 e. The first-order chi connectivity index (χ1) is 14.7. The fourth-order valence-electron chi connectivity index (χ4n) is 3.68. The largest absolute Gasteiger partial charge is 0.457 e. The molecule has 0 saturated heterocycles. The summed E-state index contributed by atoms with van der Waals surface area (Å²) >= 11 is 0. The zero-order valence-corrected chi connectivity index (χ0v) is 20.3. The van der Waals surface area contributed by atoms with Crippen molar-refractivity contribution in [2.24, 2.45) is 0 Å². The Labute approximate surface area is 187 Å². The second-order valence-corrected chi connectivity index (χ2v) is 8.78. The lowest BCUT2D eigenvalue weighted by Crippen LogP contribution is -2.27. The molecule has 0 radical (unpaired) electrons. The summed E-state index contributed by atoms with van der Waals surface area (Å²) in [4.78, 5) is 11.9. The average Bonchev–Trinajstić information content (AvgIpc) is 2.75. The molecule has 1 unspecified atom stereocenters. The van der Waals surface area contributed by atoms with E-state index in [1.54, 1.807) is 0 Å².